The fraction of sp³-hybridized carbons (Fsp3) is 0.500. The average molecular weight is 230 g/mol. The maximum absolute atomic E-state index is 12.5. The molecule has 1 saturated heterocycles. The van der Waals surface area contributed by atoms with Crippen molar-refractivity contribution in [1.82, 2.24) is 4.90 Å². The molecule has 3 nitrogen and oxygen atoms in total. The van der Waals surface area contributed by atoms with E-state index in [0.29, 0.717) is 11.7 Å². The monoisotopic (exact) mass is 230 g/mol. The van der Waals surface area contributed by atoms with Crippen LogP contribution in [0.1, 0.15) is 35.2 Å². The van der Waals surface area contributed by atoms with Gasteiger partial charge in [-0.2, -0.15) is 0 Å². The van der Waals surface area contributed by atoms with Crippen molar-refractivity contribution in [1.29, 1.82) is 0 Å². The summed E-state index contributed by atoms with van der Waals surface area (Å²) in [6, 6.07) is 6.08. The van der Waals surface area contributed by atoms with Gasteiger partial charge in [-0.15, -0.1) is 0 Å². The van der Waals surface area contributed by atoms with Crippen molar-refractivity contribution in [3.8, 4) is 0 Å². The van der Waals surface area contributed by atoms with Crippen molar-refractivity contribution >= 4 is 11.6 Å². The highest BCUT2D eigenvalue weighted by atomic mass is 16.2. The predicted octanol–water partition coefficient (Wildman–Crippen LogP) is 2.20. The third kappa shape index (κ3) is 1.61. The Morgan fingerprint density at radius 2 is 2.24 bits per heavy atom. The van der Waals surface area contributed by atoms with Crippen LogP contribution in [0.5, 0.6) is 0 Å². The molecule has 2 N–H and O–H groups in total. The Balaban J connectivity index is 1.89. The van der Waals surface area contributed by atoms with E-state index < -0.39 is 0 Å². The van der Waals surface area contributed by atoms with Crippen LogP contribution in [0.2, 0.25) is 0 Å². The third-order valence-electron chi connectivity index (χ3n) is 4.28. The number of nitrogens with zero attached hydrogens (tertiary/aromatic N) is 1. The lowest BCUT2D eigenvalue weighted by Crippen LogP contribution is -2.38. The molecule has 1 aliphatic heterocycles. The molecule has 2 bridgehead atoms. The number of amides is 1. The smallest absolute Gasteiger partial charge is 0.254 e. The Hall–Kier alpha value is -1.51. The molecular weight excluding hydrogens is 212 g/mol. The van der Waals surface area contributed by atoms with Crippen molar-refractivity contribution in [3.63, 3.8) is 0 Å². The summed E-state index contributed by atoms with van der Waals surface area (Å²) < 4.78 is 0. The normalized spacial score (nSPS) is 26.5. The zero-order valence-corrected chi connectivity index (χ0v) is 10.1. The first-order chi connectivity index (χ1) is 8.16. The second kappa shape index (κ2) is 3.76. The number of fused-ring (bicyclic) bond motifs is 2. The molecule has 2 aliphatic rings. The van der Waals surface area contributed by atoms with Crippen LogP contribution in [0, 0.1) is 12.8 Å². The van der Waals surface area contributed by atoms with Crippen LogP contribution in [0.25, 0.3) is 0 Å². The van der Waals surface area contributed by atoms with E-state index in [9.17, 15) is 4.79 Å². The third-order valence-corrected chi connectivity index (χ3v) is 4.28. The minimum atomic E-state index is 0.169. The van der Waals surface area contributed by atoms with E-state index >= 15 is 0 Å². The summed E-state index contributed by atoms with van der Waals surface area (Å²) >= 11 is 0. The van der Waals surface area contributed by atoms with Crippen LogP contribution in [0.4, 0.5) is 5.69 Å². The van der Waals surface area contributed by atoms with Gasteiger partial charge in [0.25, 0.3) is 5.91 Å². The van der Waals surface area contributed by atoms with Gasteiger partial charge in [0.05, 0.1) is 0 Å². The molecule has 2 unspecified atom stereocenters. The highest BCUT2D eigenvalue weighted by molar-refractivity contribution is 5.97. The number of nitrogens with two attached hydrogens (primary N) is 1. The molecule has 1 aromatic carbocycles. The van der Waals surface area contributed by atoms with Gasteiger partial charge in [0.15, 0.2) is 0 Å². The summed E-state index contributed by atoms with van der Waals surface area (Å²) in [5.41, 5.74) is 8.26. The minimum absolute atomic E-state index is 0.169. The highest BCUT2D eigenvalue weighted by Crippen LogP contribution is 2.38. The first kappa shape index (κ1) is 10.6. The van der Waals surface area contributed by atoms with E-state index in [0.717, 1.165) is 23.6 Å². The summed E-state index contributed by atoms with van der Waals surface area (Å²) in [6.07, 6.45) is 3.68. The minimum Gasteiger partial charge on any atom is -0.398 e. The van der Waals surface area contributed by atoms with Crippen LogP contribution < -0.4 is 5.73 Å². The number of piperidine rings is 1. The first-order valence-electron chi connectivity index (χ1n) is 6.33. The van der Waals surface area contributed by atoms with E-state index in [1.54, 1.807) is 0 Å². The van der Waals surface area contributed by atoms with Gasteiger partial charge in [0.2, 0.25) is 0 Å². The first-order valence-corrected chi connectivity index (χ1v) is 6.33. The van der Waals surface area contributed by atoms with E-state index in [1.165, 1.54) is 19.3 Å². The summed E-state index contributed by atoms with van der Waals surface area (Å²) in [4.78, 5) is 14.5. The van der Waals surface area contributed by atoms with Gasteiger partial charge in [-0.3, -0.25) is 4.79 Å². The number of hydrogen-bond acceptors (Lipinski definition) is 2. The molecule has 2 fully saturated rings. The molecule has 17 heavy (non-hydrogen) atoms. The Bertz CT molecular complexity index is 469. The number of benzene rings is 1. The molecule has 90 valence electrons. The van der Waals surface area contributed by atoms with Crippen molar-refractivity contribution in [2.75, 3.05) is 12.3 Å². The van der Waals surface area contributed by atoms with Crippen molar-refractivity contribution < 1.29 is 4.79 Å². The van der Waals surface area contributed by atoms with Crippen molar-refractivity contribution in [2.24, 2.45) is 5.92 Å². The maximum Gasteiger partial charge on any atom is 0.254 e. The van der Waals surface area contributed by atoms with Crippen LogP contribution in [-0.4, -0.2) is 23.4 Å². The van der Waals surface area contributed by atoms with E-state index in [2.05, 4.69) is 4.90 Å². The molecule has 2 atom stereocenters. The van der Waals surface area contributed by atoms with Crippen molar-refractivity contribution in [2.45, 2.75) is 32.2 Å². The molecule has 1 aromatic rings. The zero-order chi connectivity index (χ0) is 12.0. The average Bonchev–Trinajstić information content (AvgIpc) is 2.94. The van der Waals surface area contributed by atoms with E-state index in [1.807, 2.05) is 25.1 Å². The topological polar surface area (TPSA) is 46.3 Å². The van der Waals surface area contributed by atoms with Gasteiger partial charge in [0, 0.05) is 23.8 Å². The predicted molar refractivity (Wildman–Crippen MR) is 67.8 cm³/mol. The van der Waals surface area contributed by atoms with Crippen LogP contribution in [-0.2, 0) is 0 Å². The summed E-state index contributed by atoms with van der Waals surface area (Å²) in [6.45, 7) is 2.87. The summed E-state index contributed by atoms with van der Waals surface area (Å²) in [5, 5.41) is 0. The van der Waals surface area contributed by atoms with E-state index in [4.69, 9.17) is 5.73 Å². The van der Waals surface area contributed by atoms with Gasteiger partial charge < -0.3 is 10.6 Å². The molecule has 0 aromatic heterocycles. The lowest BCUT2D eigenvalue weighted by molar-refractivity contribution is 0.0703. The molecular formula is C14H18N2O. The van der Waals surface area contributed by atoms with Crippen LogP contribution in [0.3, 0.4) is 0 Å². The lowest BCUT2D eigenvalue weighted by atomic mass is 10.0. The fourth-order valence-electron chi connectivity index (χ4n) is 3.21. The van der Waals surface area contributed by atoms with Crippen LogP contribution >= 0.6 is 0 Å². The van der Waals surface area contributed by atoms with Gasteiger partial charge in [-0.1, -0.05) is 6.07 Å². The number of likely N-dealkylation sites (tertiary alicyclic amines) is 1. The SMILES string of the molecule is Cc1c(N)cccc1C(=O)N1CC2CCC1C2. The Kier molecular flexibility index (Phi) is 2.35. The molecule has 3 rings (SSSR count). The van der Waals surface area contributed by atoms with Gasteiger partial charge in [0.1, 0.15) is 0 Å². The molecule has 0 spiro atoms. The molecule has 1 amide bonds. The molecule has 0 radical (unpaired) electrons. The number of nitrogen functional groups attached to an aromatic ring is 1. The van der Waals surface area contributed by atoms with Crippen LogP contribution in [0.15, 0.2) is 18.2 Å². The molecule has 1 aliphatic carbocycles. The Morgan fingerprint density at radius 1 is 1.41 bits per heavy atom. The fourth-order valence-corrected chi connectivity index (χ4v) is 3.21. The van der Waals surface area contributed by atoms with Gasteiger partial charge in [-0.25, -0.2) is 0 Å². The Labute approximate surface area is 102 Å². The van der Waals surface area contributed by atoms with E-state index in [-0.39, 0.29) is 5.91 Å². The largest absolute Gasteiger partial charge is 0.398 e. The second-order valence-corrected chi connectivity index (χ2v) is 5.31. The number of carbonyl (C=O) groups is 1. The second-order valence-electron chi connectivity index (χ2n) is 5.31. The quantitative estimate of drug-likeness (QED) is 0.752. The van der Waals surface area contributed by atoms with Crippen molar-refractivity contribution in [3.05, 3.63) is 29.3 Å². The number of carbonyl (C=O) groups excluding carboxylic acids is 1. The summed E-state index contributed by atoms with van der Waals surface area (Å²) in [5.74, 6) is 0.910. The number of anilines is 1. The summed E-state index contributed by atoms with van der Waals surface area (Å²) in [7, 11) is 0. The maximum atomic E-state index is 12.5. The van der Waals surface area contributed by atoms with Gasteiger partial charge >= 0.3 is 0 Å². The highest BCUT2D eigenvalue weighted by Gasteiger charge is 2.40. The molecule has 1 saturated carbocycles. The van der Waals surface area contributed by atoms with Gasteiger partial charge in [-0.05, 0) is 49.8 Å². The zero-order valence-electron chi connectivity index (χ0n) is 10.1. The Morgan fingerprint density at radius 3 is 2.88 bits per heavy atom. The molecule has 3 heteroatoms. The lowest BCUT2D eigenvalue weighted by Gasteiger charge is -2.27. The standard InChI is InChI=1S/C14H18N2O/c1-9-12(3-2-4-13(9)15)14(17)16-8-10-5-6-11(16)7-10/h2-4,10-11H,5-8,15H2,1H3. The number of hydrogen-bond donors (Lipinski definition) is 1. The molecule has 1 heterocycles. The number of rotatable bonds is 1.